The molecule has 1 aromatic carbocycles. The lowest BCUT2D eigenvalue weighted by atomic mass is 9.94. The zero-order valence-electron chi connectivity index (χ0n) is 18.7. The van der Waals surface area contributed by atoms with Gasteiger partial charge in [-0.05, 0) is 77.9 Å². The number of carbonyl (C=O) groups is 2. The minimum atomic E-state index is -0.619. The molecule has 2 aliphatic rings. The molecule has 0 fully saturated rings. The molecule has 5 nitrogen and oxygen atoms in total. The minimum Gasteiger partial charge on any atom is -0.497 e. The molecular weight excluding hydrogens is 392 g/mol. The average Bonchev–Trinajstić information content (AvgIpc) is 3.12. The van der Waals surface area contributed by atoms with E-state index in [1.807, 2.05) is 51.1 Å². The summed E-state index contributed by atoms with van der Waals surface area (Å²) in [7, 11) is 4.20. The van der Waals surface area contributed by atoms with Crippen molar-refractivity contribution >= 4 is 17.5 Å². The topological polar surface area (TPSA) is 61.8 Å². The Morgan fingerprint density at radius 2 is 1.42 bits per heavy atom. The number of carbonyl (C=O) groups excluding carboxylic acids is 2. The number of hydrogen-bond acceptors (Lipinski definition) is 5. The largest absolute Gasteiger partial charge is 0.497 e. The van der Waals surface area contributed by atoms with Gasteiger partial charge >= 0.3 is 11.9 Å². The van der Waals surface area contributed by atoms with E-state index in [1.54, 1.807) is 7.11 Å². The zero-order chi connectivity index (χ0) is 22.7. The summed E-state index contributed by atoms with van der Waals surface area (Å²) in [4.78, 5) is 24.7. The second kappa shape index (κ2) is 9.04. The predicted octanol–water partition coefficient (Wildman–Crippen LogP) is 5.12. The Morgan fingerprint density at radius 3 is 1.97 bits per heavy atom. The van der Waals surface area contributed by atoms with E-state index in [4.69, 9.17) is 14.2 Å². The van der Waals surface area contributed by atoms with Crippen LogP contribution < -0.4 is 4.74 Å². The van der Waals surface area contributed by atoms with E-state index >= 15 is 0 Å². The van der Waals surface area contributed by atoms with Gasteiger partial charge in [0.25, 0.3) is 0 Å². The number of rotatable bonds is 5. The van der Waals surface area contributed by atoms with Gasteiger partial charge in [0.2, 0.25) is 0 Å². The maximum atomic E-state index is 12.7. The van der Waals surface area contributed by atoms with Crippen molar-refractivity contribution in [2.75, 3.05) is 21.3 Å². The monoisotopic (exact) mass is 418 g/mol. The number of fused-ring (bicyclic) bond motifs is 1. The van der Waals surface area contributed by atoms with Gasteiger partial charge in [-0.2, -0.15) is 0 Å². The molecule has 2 aliphatic carbocycles. The molecule has 0 heterocycles. The van der Waals surface area contributed by atoms with Crippen LogP contribution in [0.2, 0.25) is 0 Å². The second-order valence-electron chi connectivity index (χ2n) is 7.42. The highest BCUT2D eigenvalue weighted by Gasteiger charge is 2.26. The Bertz CT molecular complexity index is 1140. The van der Waals surface area contributed by atoms with E-state index in [0.29, 0.717) is 5.56 Å². The van der Waals surface area contributed by atoms with Crippen molar-refractivity contribution in [2.24, 2.45) is 0 Å². The quantitative estimate of drug-likeness (QED) is 0.425. The van der Waals surface area contributed by atoms with Gasteiger partial charge in [0.1, 0.15) is 5.75 Å². The maximum Gasteiger partial charge on any atom is 0.338 e. The zero-order valence-corrected chi connectivity index (χ0v) is 18.7. The summed E-state index contributed by atoms with van der Waals surface area (Å²) in [6.07, 6.45) is 1.19. The highest BCUT2D eigenvalue weighted by molar-refractivity contribution is 6.23. The third-order valence-corrected chi connectivity index (χ3v) is 5.31. The normalized spacial score (nSPS) is 11.4. The third kappa shape index (κ3) is 4.31. The van der Waals surface area contributed by atoms with Crippen molar-refractivity contribution in [3.05, 3.63) is 70.8 Å². The number of ether oxygens (including phenoxy) is 3. The van der Waals surface area contributed by atoms with Crippen molar-refractivity contribution in [2.45, 2.75) is 20.8 Å². The lowest BCUT2D eigenvalue weighted by Crippen LogP contribution is -2.07. The van der Waals surface area contributed by atoms with Gasteiger partial charge in [0.15, 0.2) is 0 Å². The van der Waals surface area contributed by atoms with E-state index in [0.717, 1.165) is 44.7 Å². The van der Waals surface area contributed by atoms with Gasteiger partial charge < -0.3 is 14.2 Å². The Kier molecular flexibility index (Phi) is 6.44. The van der Waals surface area contributed by atoms with Crippen molar-refractivity contribution in [1.82, 2.24) is 0 Å². The first-order valence-electron chi connectivity index (χ1n) is 9.88. The van der Waals surface area contributed by atoms with Crippen LogP contribution >= 0.6 is 0 Å². The van der Waals surface area contributed by atoms with Gasteiger partial charge in [0, 0.05) is 6.08 Å². The predicted molar refractivity (Wildman–Crippen MR) is 121 cm³/mol. The molecule has 0 bridgehead atoms. The van der Waals surface area contributed by atoms with E-state index < -0.39 is 11.9 Å². The highest BCUT2D eigenvalue weighted by atomic mass is 16.5. The molecule has 0 atom stereocenters. The second-order valence-corrected chi connectivity index (χ2v) is 7.42. The van der Waals surface area contributed by atoms with E-state index in [2.05, 4.69) is 12.1 Å². The van der Waals surface area contributed by atoms with Crippen LogP contribution in [-0.4, -0.2) is 33.3 Å². The van der Waals surface area contributed by atoms with Gasteiger partial charge in [-0.1, -0.05) is 29.8 Å². The summed E-state index contributed by atoms with van der Waals surface area (Å²) in [5.41, 5.74) is 7.82. The molecule has 0 radical (unpaired) electrons. The molecule has 0 aromatic heterocycles. The Morgan fingerprint density at radius 1 is 0.806 bits per heavy atom. The van der Waals surface area contributed by atoms with Gasteiger partial charge in [-0.15, -0.1) is 0 Å². The van der Waals surface area contributed by atoms with Crippen molar-refractivity contribution in [1.29, 1.82) is 0 Å². The lowest BCUT2D eigenvalue weighted by molar-refractivity contribution is -0.136. The van der Waals surface area contributed by atoms with Gasteiger partial charge in [0.05, 0.1) is 26.9 Å². The number of methoxy groups -OCH3 is 3. The fourth-order valence-corrected chi connectivity index (χ4v) is 3.99. The molecule has 5 heteroatoms. The van der Waals surface area contributed by atoms with E-state index in [-0.39, 0.29) is 5.57 Å². The number of benzene rings is 1. The summed E-state index contributed by atoms with van der Waals surface area (Å²) >= 11 is 0. The van der Waals surface area contributed by atoms with Crippen LogP contribution in [0.15, 0.2) is 48.5 Å². The molecule has 0 saturated heterocycles. The van der Waals surface area contributed by atoms with Crippen LogP contribution in [0.25, 0.3) is 27.8 Å². The van der Waals surface area contributed by atoms with Crippen molar-refractivity contribution in [3.63, 3.8) is 0 Å². The van der Waals surface area contributed by atoms with Crippen LogP contribution in [0.5, 0.6) is 5.75 Å². The summed E-state index contributed by atoms with van der Waals surface area (Å²) in [5.74, 6) is -0.458. The standard InChI is InChI=1S/C26H26O5/c1-15-11-16(2)24-20(18-7-9-19(29-4)10-8-18)13-21(25(24)17(3)12-15)22(26(28)31-6)14-23(27)30-5/h7-14H,1-6H3. The molecule has 3 rings (SSSR count). The molecule has 1 aromatic rings. The molecule has 0 unspecified atom stereocenters. The first kappa shape index (κ1) is 22.1. The fraction of sp³-hybridized carbons (Fsp3) is 0.231. The molecule has 0 aliphatic heterocycles. The third-order valence-electron chi connectivity index (χ3n) is 5.31. The fourth-order valence-electron chi connectivity index (χ4n) is 3.99. The van der Waals surface area contributed by atoms with Crippen LogP contribution in [0.1, 0.15) is 22.3 Å². The molecule has 0 N–H and O–H groups in total. The molecule has 31 heavy (non-hydrogen) atoms. The summed E-state index contributed by atoms with van der Waals surface area (Å²) < 4.78 is 15.1. The van der Waals surface area contributed by atoms with Crippen molar-refractivity contribution in [3.8, 4) is 28.0 Å². The SMILES string of the molecule is COC(=O)C=C(C(=O)OC)c1cc(-c2ccc(OC)cc2)c2c(C)cc(C)cc(C)c1-2. The summed E-state index contributed by atoms with van der Waals surface area (Å²) in [5, 5.41) is 0. The highest BCUT2D eigenvalue weighted by Crippen LogP contribution is 2.45. The molecule has 0 amide bonds. The molecular formula is C26H26O5. The van der Waals surface area contributed by atoms with Crippen LogP contribution in [0.4, 0.5) is 0 Å². The van der Waals surface area contributed by atoms with Crippen LogP contribution in [0, 0.1) is 20.8 Å². The first-order valence-corrected chi connectivity index (χ1v) is 9.88. The van der Waals surface area contributed by atoms with Gasteiger partial charge in [-0.25, -0.2) is 9.59 Å². The average molecular weight is 418 g/mol. The minimum absolute atomic E-state index is 0.158. The Balaban J connectivity index is 2.40. The van der Waals surface area contributed by atoms with Crippen LogP contribution in [0.3, 0.4) is 0 Å². The van der Waals surface area contributed by atoms with E-state index in [1.165, 1.54) is 20.3 Å². The molecule has 0 spiro atoms. The lowest BCUT2D eigenvalue weighted by Gasteiger charge is -2.10. The Labute approximate surface area is 182 Å². The first-order chi connectivity index (χ1) is 14.8. The van der Waals surface area contributed by atoms with Crippen LogP contribution in [-0.2, 0) is 19.1 Å². The number of hydrogen-bond donors (Lipinski definition) is 0. The molecule has 160 valence electrons. The van der Waals surface area contributed by atoms with Gasteiger partial charge in [-0.3, -0.25) is 0 Å². The molecule has 0 saturated carbocycles. The smallest absolute Gasteiger partial charge is 0.338 e. The number of aryl methyl sites for hydroxylation is 3. The van der Waals surface area contributed by atoms with Crippen molar-refractivity contribution < 1.29 is 23.8 Å². The summed E-state index contributed by atoms with van der Waals surface area (Å²) in [6.45, 7) is 6.09. The van der Waals surface area contributed by atoms with E-state index in [9.17, 15) is 9.59 Å². The Hall–Kier alpha value is -3.60. The number of esters is 2. The maximum absolute atomic E-state index is 12.7. The summed E-state index contributed by atoms with van der Waals surface area (Å²) in [6, 6.07) is 13.9.